The monoisotopic (exact) mass is 877 g/mol. The lowest BCUT2D eigenvalue weighted by Crippen LogP contribution is -2.64. The van der Waals surface area contributed by atoms with Crippen LogP contribution >= 0.6 is 18.9 Å². The maximum absolute atomic E-state index is 16.3. The van der Waals surface area contributed by atoms with E-state index in [4.69, 9.17) is 18.5 Å². The third-order valence-corrected chi connectivity index (χ3v) is 13.8. The molecule has 3 fully saturated rings. The van der Waals surface area contributed by atoms with E-state index in [1.54, 1.807) is 35.2 Å². The molecule has 1 N–H and O–H groups in total. The Morgan fingerprint density at radius 3 is 2.05 bits per heavy atom. The van der Waals surface area contributed by atoms with E-state index in [9.17, 15) is 28.5 Å². The Hall–Kier alpha value is -4.31. The van der Waals surface area contributed by atoms with Gasteiger partial charge in [-0.2, -0.15) is 8.78 Å². The van der Waals surface area contributed by atoms with Gasteiger partial charge in [0.15, 0.2) is 5.67 Å². The molecule has 3 atom stereocenters. The average molecular weight is 878 g/mol. The Morgan fingerprint density at radius 1 is 0.850 bits per heavy atom. The number of alkyl halides is 3. The van der Waals surface area contributed by atoms with Crippen LogP contribution in [0.25, 0.3) is 10.1 Å². The van der Waals surface area contributed by atoms with Crippen LogP contribution in [0.2, 0.25) is 0 Å². The van der Waals surface area contributed by atoms with E-state index in [-0.39, 0.29) is 35.3 Å². The first-order valence-corrected chi connectivity index (χ1v) is 22.2. The van der Waals surface area contributed by atoms with Gasteiger partial charge in [-0.15, -0.1) is 11.3 Å². The number of ether oxygens (including phenoxy) is 2. The van der Waals surface area contributed by atoms with E-state index in [0.29, 0.717) is 42.4 Å². The summed E-state index contributed by atoms with van der Waals surface area (Å²) in [5.41, 5.74) is -8.44. The number of carbonyl (C=O) groups excluding carboxylic acids is 5. The summed E-state index contributed by atoms with van der Waals surface area (Å²) in [5.74, 6) is -3.00. The molecule has 13 nitrogen and oxygen atoms in total. The zero-order valence-electron chi connectivity index (χ0n) is 34.5. The maximum atomic E-state index is 16.3. The number of hydrogen-bond acceptors (Lipinski definition) is 11. The second kappa shape index (κ2) is 17.2. The summed E-state index contributed by atoms with van der Waals surface area (Å²) in [4.78, 5) is 69.3. The molecule has 326 valence electrons. The number of thiophene rings is 1. The number of hydrogen-bond donors (Lipinski definition) is 1. The van der Waals surface area contributed by atoms with Crippen molar-refractivity contribution in [1.29, 1.82) is 0 Å². The van der Waals surface area contributed by atoms with E-state index in [1.165, 1.54) is 58.6 Å². The zero-order valence-corrected chi connectivity index (χ0v) is 36.2. The highest BCUT2D eigenvalue weighted by Crippen LogP contribution is 2.67. The Kier molecular flexibility index (Phi) is 13.0. The van der Waals surface area contributed by atoms with Gasteiger partial charge in [-0.1, -0.05) is 49.2 Å². The largest absolute Gasteiger partial charge is 0.438 e. The summed E-state index contributed by atoms with van der Waals surface area (Å²) in [6.45, 7) is 6.58. The van der Waals surface area contributed by atoms with Crippen LogP contribution in [0.15, 0.2) is 54.6 Å². The molecule has 3 amide bonds. The van der Waals surface area contributed by atoms with Crippen LogP contribution < -0.4 is 5.32 Å². The molecule has 1 aromatic heterocycles. The zero-order chi connectivity index (χ0) is 43.8. The van der Waals surface area contributed by atoms with Gasteiger partial charge < -0.3 is 24.6 Å². The molecule has 0 radical (unpaired) electrons. The van der Waals surface area contributed by atoms with Crippen LogP contribution in [-0.2, 0) is 53.6 Å². The number of benzene rings is 2. The number of nitrogens with zero attached hydrogens (tertiary/aromatic N) is 2. The summed E-state index contributed by atoms with van der Waals surface area (Å²) < 4.78 is 82.2. The molecule has 6 rings (SSSR count). The molecule has 0 spiro atoms. The number of rotatable bonds is 12. The van der Waals surface area contributed by atoms with Crippen LogP contribution in [-0.4, -0.2) is 84.3 Å². The molecule has 3 aromatic rings. The Labute approximate surface area is 350 Å². The fourth-order valence-corrected chi connectivity index (χ4v) is 9.60. The van der Waals surface area contributed by atoms with E-state index in [1.807, 2.05) is 0 Å². The second-order valence-corrected chi connectivity index (χ2v) is 20.7. The van der Waals surface area contributed by atoms with E-state index in [2.05, 4.69) is 5.32 Å². The normalized spacial score (nSPS) is 21.1. The van der Waals surface area contributed by atoms with Gasteiger partial charge >= 0.3 is 25.2 Å². The van der Waals surface area contributed by atoms with Gasteiger partial charge in [-0.25, -0.2) is 4.39 Å². The molecule has 4 heterocycles. The van der Waals surface area contributed by atoms with Gasteiger partial charge in [0.2, 0.25) is 25.4 Å². The minimum Gasteiger partial charge on any atom is -0.438 e. The SMILES string of the molecule is CC(C)(C)C(=O)OCOP(=O)(OCOC(=O)C(C)(C)C)C(F)(F)c1ccc2sc(C(=O)NC3CCCC[C@H]4CC[C@@H](C(=O)N5CC(F)(c6ccccc6)C5)N4C3=O)cc2c1. The average Bonchev–Trinajstić information content (AvgIpc) is 3.80. The number of carbonyl (C=O) groups is 5. The van der Waals surface area contributed by atoms with Crippen molar-refractivity contribution in [2.45, 2.75) is 110 Å². The van der Waals surface area contributed by atoms with Crippen LogP contribution in [0.3, 0.4) is 0 Å². The Morgan fingerprint density at radius 2 is 1.45 bits per heavy atom. The first kappa shape index (κ1) is 45.2. The maximum Gasteiger partial charge on any atom is 0.410 e. The van der Waals surface area contributed by atoms with Crippen LogP contribution in [0.5, 0.6) is 0 Å². The molecule has 2 aromatic carbocycles. The first-order chi connectivity index (χ1) is 28.0. The minimum absolute atomic E-state index is 0.102. The molecule has 0 saturated carbocycles. The highest BCUT2D eigenvalue weighted by atomic mass is 32.1. The third-order valence-electron chi connectivity index (χ3n) is 10.9. The number of likely N-dealkylation sites (tertiary alicyclic amines) is 1. The quantitative estimate of drug-likeness (QED) is 0.107. The topological polar surface area (TPSA) is 158 Å². The summed E-state index contributed by atoms with van der Waals surface area (Å²) in [6.07, 6.45) is 3.45. The third kappa shape index (κ3) is 9.44. The molecule has 3 aliphatic heterocycles. The van der Waals surface area contributed by atoms with Crippen molar-refractivity contribution in [3.63, 3.8) is 0 Å². The molecule has 18 heteroatoms. The van der Waals surface area contributed by atoms with Crippen LogP contribution in [0.1, 0.15) is 101 Å². The molecule has 0 bridgehead atoms. The molecular formula is C42H51F3N3O10PS. The fraction of sp³-hybridized carbons (Fsp3) is 0.548. The van der Waals surface area contributed by atoms with Gasteiger partial charge in [-0.3, -0.25) is 37.6 Å². The van der Waals surface area contributed by atoms with Gasteiger partial charge in [0.25, 0.3) is 5.91 Å². The van der Waals surface area contributed by atoms with Gasteiger partial charge in [-0.05, 0) is 96.4 Å². The van der Waals surface area contributed by atoms with Crippen molar-refractivity contribution in [2.24, 2.45) is 10.8 Å². The van der Waals surface area contributed by atoms with Gasteiger partial charge in [0.1, 0.15) is 12.1 Å². The fourth-order valence-electron chi connectivity index (χ4n) is 7.41. The van der Waals surface area contributed by atoms with E-state index >= 15 is 13.2 Å². The second-order valence-electron chi connectivity index (χ2n) is 17.6. The van der Waals surface area contributed by atoms with Crippen molar-refractivity contribution in [1.82, 2.24) is 15.1 Å². The summed E-state index contributed by atoms with van der Waals surface area (Å²) in [7, 11) is -5.59. The standard InChI is InChI=1S/C42H51F3N3O10PS/c1-39(2,3)37(52)55-24-57-59(54,58-25-56-38(53)40(4,5)6)42(44,45)28-16-19-32-26(20-28)21-33(60-32)34(49)46-30-15-11-10-14-29-17-18-31(48(29)35(30)50)36(51)47-22-41(43,23-47)27-12-8-7-9-13-27/h7-9,12-13,16,19-21,29-31H,10-11,14-15,17-18,22-25H2,1-6H3,(H,46,49)/t29-,30?,31-/m0/s1. The Bertz CT molecular complexity index is 2130. The molecule has 3 saturated heterocycles. The number of esters is 2. The Balaban J connectivity index is 1.16. The summed E-state index contributed by atoms with van der Waals surface area (Å²) in [6, 6.07) is 11.3. The van der Waals surface area contributed by atoms with Crippen molar-refractivity contribution >= 4 is 58.7 Å². The number of amides is 3. The van der Waals surface area contributed by atoms with Crippen LogP contribution in [0, 0.1) is 10.8 Å². The summed E-state index contributed by atoms with van der Waals surface area (Å²) >= 11 is 0.983. The van der Waals surface area contributed by atoms with E-state index in [0.717, 1.165) is 29.9 Å². The highest BCUT2D eigenvalue weighted by Gasteiger charge is 2.56. The first-order valence-electron chi connectivity index (χ1n) is 19.9. The predicted octanol–water partition coefficient (Wildman–Crippen LogP) is 8.01. The smallest absolute Gasteiger partial charge is 0.410 e. The van der Waals surface area contributed by atoms with Crippen LogP contribution in [0.4, 0.5) is 13.2 Å². The number of fused-ring (bicyclic) bond motifs is 2. The summed E-state index contributed by atoms with van der Waals surface area (Å²) in [5, 5.41) is 2.99. The molecule has 60 heavy (non-hydrogen) atoms. The van der Waals surface area contributed by atoms with E-state index < -0.39 is 84.7 Å². The van der Waals surface area contributed by atoms with Crippen molar-refractivity contribution in [2.75, 3.05) is 26.7 Å². The highest BCUT2D eigenvalue weighted by molar-refractivity contribution is 7.54. The van der Waals surface area contributed by atoms with Crippen molar-refractivity contribution in [3.8, 4) is 0 Å². The number of nitrogens with one attached hydrogen (secondary N) is 1. The minimum atomic E-state index is -5.59. The lowest BCUT2D eigenvalue weighted by Gasteiger charge is -2.47. The lowest BCUT2D eigenvalue weighted by molar-refractivity contribution is -0.163. The lowest BCUT2D eigenvalue weighted by atomic mass is 9.87. The molecule has 3 aliphatic rings. The molecule has 1 unspecified atom stereocenters. The van der Waals surface area contributed by atoms with Gasteiger partial charge in [0.05, 0.1) is 28.8 Å². The molecular weight excluding hydrogens is 827 g/mol. The van der Waals surface area contributed by atoms with Gasteiger partial charge in [0, 0.05) is 16.3 Å². The molecule has 0 aliphatic carbocycles. The predicted molar refractivity (Wildman–Crippen MR) is 216 cm³/mol. The van der Waals surface area contributed by atoms with Crippen molar-refractivity contribution in [3.05, 3.63) is 70.6 Å². The number of halogens is 3. The van der Waals surface area contributed by atoms with Crippen molar-refractivity contribution < 1.29 is 60.2 Å².